The second-order valence-electron chi connectivity index (χ2n) is 8.94. The van der Waals surface area contributed by atoms with E-state index in [1.807, 2.05) is 20.8 Å². The van der Waals surface area contributed by atoms with E-state index in [1.54, 1.807) is 11.1 Å². The zero-order valence-corrected chi connectivity index (χ0v) is 16.2. The Morgan fingerprint density at radius 2 is 1.82 bits per heavy atom. The molecule has 0 N–H and O–H groups in total. The minimum Gasteiger partial charge on any atom is -0.444 e. The number of hydrogen-bond acceptors (Lipinski definition) is 3. The molecule has 2 fully saturated rings. The van der Waals surface area contributed by atoms with Crippen LogP contribution in [0, 0.1) is 11.8 Å². The smallest absolute Gasteiger partial charge is 0.417 e. The fourth-order valence-corrected chi connectivity index (χ4v) is 4.57. The maximum atomic E-state index is 13.3. The summed E-state index contributed by atoms with van der Waals surface area (Å²) in [6.45, 7) is 6.71. The summed E-state index contributed by atoms with van der Waals surface area (Å²) in [5, 5.41) is 0. The second kappa shape index (κ2) is 6.39. The number of nitrogens with zero attached hydrogens (tertiary/aromatic N) is 3. The molecule has 28 heavy (non-hydrogen) atoms. The number of pyridine rings is 1. The Morgan fingerprint density at radius 1 is 1.18 bits per heavy atom. The first kappa shape index (κ1) is 19.1. The maximum Gasteiger partial charge on any atom is 0.417 e. The summed E-state index contributed by atoms with van der Waals surface area (Å²) in [5.74, 6) is 0.613. The lowest BCUT2D eigenvalue weighted by Gasteiger charge is -2.25. The van der Waals surface area contributed by atoms with Crippen LogP contribution < -0.4 is 0 Å². The van der Waals surface area contributed by atoms with E-state index < -0.39 is 17.3 Å². The number of rotatable bonds is 1. The monoisotopic (exact) mass is 395 g/mol. The number of carbonyl (C=O) groups excluding carboxylic acids is 1. The van der Waals surface area contributed by atoms with Gasteiger partial charge in [-0.3, -0.25) is 0 Å². The summed E-state index contributed by atoms with van der Waals surface area (Å²) < 4.78 is 46.8. The summed E-state index contributed by atoms with van der Waals surface area (Å²) in [5.41, 5.74) is 0.233. The van der Waals surface area contributed by atoms with Gasteiger partial charge in [-0.25, -0.2) is 9.78 Å². The van der Waals surface area contributed by atoms with E-state index in [0.29, 0.717) is 18.7 Å². The second-order valence-corrected chi connectivity index (χ2v) is 8.94. The van der Waals surface area contributed by atoms with Crippen molar-refractivity contribution in [1.82, 2.24) is 14.3 Å². The number of fused-ring (bicyclic) bond motifs is 2. The van der Waals surface area contributed by atoms with Crippen LogP contribution in [0.3, 0.4) is 0 Å². The van der Waals surface area contributed by atoms with E-state index in [0.717, 1.165) is 24.6 Å². The lowest BCUT2D eigenvalue weighted by molar-refractivity contribution is -0.137. The molecule has 2 aromatic rings. The average Bonchev–Trinajstić information content (AvgIpc) is 3.25. The van der Waals surface area contributed by atoms with Crippen LogP contribution in [0.2, 0.25) is 0 Å². The van der Waals surface area contributed by atoms with Crippen LogP contribution in [-0.4, -0.2) is 39.1 Å². The number of likely N-dealkylation sites (tertiary alicyclic amines) is 1. The number of hydrogen-bond donors (Lipinski definition) is 0. The van der Waals surface area contributed by atoms with Crippen LogP contribution in [-0.2, 0) is 10.9 Å². The molecule has 1 amide bonds. The topological polar surface area (TPSA) is 46.8 Å². The molecule has 2 atom stereocenters. The molecule has 2 aliphatic rings. The largest absolute Gasteiger partial charge is 0.444 e. The Hall–Kier alpha value is -2.25. The summed E-state index contributed by atoms with van der Waals surface area (Å²) in [6, 6.07) is 1.27. The Morgan fingerprint density at radius 3 is 2.39 bits per heavy atom. The quantitative estimate of drug-likeness (QED) is 0.702. The third kappa shape index (κ3) is 3.56. The highest BCUT2D eigenvalue weighted by molar-refractivity contribution is 5.68. The molecule has 152 valence electrons. The van der Waals surface area contributed by atoms with Crippen LogP contribution in [0.1, 0.15) is 50.7 Å². The zero-order chi connectivity index (χ0) is 20.3. The minimum atomic E-state index is -4.39. The molecule has 1 aliphatic carbocycles. The molecule has 4 rings (SSSR count). The van der Waals surface area contributed by atoms with Crippen molar-refractivity contribution in [3.8, 4) is 0 Å². The first-order chi connectivity index (χ1) is 13.0. The summed E-state index contributed by atoms with van der Waals surface area (Å²) in [7, 11) is 0. The first-order valence-electron chi connectivity index (χ1n) is 9.52. The normalized spacial score (nSPS) is 23.4. The van der Waals surface area contributed by atoms with Crippen molar-refractivity contribution in [2.24, 2.45) is 11.8 Å². The Bertz CT molecular complexity index is 886. The van der Waals surface area contributed by atoms with Crippen molar-refractivity contribution in [3.63, 3.8) is 0 Å². The Kier molecular flexibility index (Phi) is 4.35. The van der Waals surface area contributed by atoms with E-state index in [1.165, 1.54) is 16.8 Å². The molecular formula is C20H24F3N3O2. The van der Waals surface area contributed by atoms with Crippen LogP contribution in [0.15, 0.2) is 24.8 Å². The van der Waals surface area contributed by atoms with Gasteiger partial charge in [-0.15, -0.1) is 0 Å². The first-order valence-corrected chi connectivity index (χ1v) is 9.52. The van der Waals surface area contributed by atoms with Gasteiger partial charge in [0.15, 0.2) is 0 Å². The molecule has 0 radical (unpaired) electrons. The highest BCUT2D eigenvalue weighted by Crippen LogP contribution is 2.48. The third-order valence-electron chi connectivity index (χ3n) is 5.72. The Balaban J connectivity index is 1.53. The van der Waals surface area contributed by atoms with Crippen molar-refractivity contribution >= 4 is 11.6 Å². The lowest BCUT2D eigenvalue weighted by atomic mass is 9.94. The van der Waals surface area contributed by atoms with Gasteiger partial charge in [0.25, 0.3) is 0 Å². The van der Waals surface area contributed by atoms with Gasteiger partial charge in [-0.2, -0.15) is 13.2 Å². The van der Waals surface area contributed by atoms with Gasteiger partial charge in [0, 0.05) is 19.3 Å². The number of halogens is 3. The molecule has 3 heterocycles. The zero-order valence-electron chi connectivity index (χ0n) is 16.2. The number of alkyl halides is 3. The van der Waals surface area contributed by atoms with Crippen molar-refractivity contribution < 1.29 is 22.7 Å². The molecule has 1 saturated carbocycles. The minimum absolute atomic E-state index is 0.0392. The van der Waals surface area contributed by atoms with Gasteiger partial charge >= 0.3 is 12.3 Å². The molecule has 1 aliphatic heterocycles. The summed E-state index contributed by atoms with van der Waals surface area (Å²) >= 11 is 0. The number of carbonyl (C=O) groups is 1. The number of imidazole rings is 1. The Labute approximate surface area is 161 Å². The van der Waals surface area contributed by atoms with Gasteiger partial charge < -0.3 is 14.0 Å². The molecule has 0 unspecified atom stereocenters. The predicted molar refractivity (Wildman–Crippen MR) is 97.0 cm³/mol. The lowest BCUT2D eigenvalue weighted by Crippen LogP contribution is -2.36. The highest BCUT2D eigenvalue weighted by atomic mass is 19.4. The molecule has 8 heteroatoms. The van der Waals surface area contributed by atoms with E-state index in [4.69, 9.17) is 4.74 Å². The number of ether oxygens (including phenoxy) is 1. The van der Waals surface area contributed by atoms with Crippen LogP contribution >= 0.6 is 0 Å². The molecule has 1 saturated heterocycles. The maximum absolute atomic E-state index is 13.3. The third-order valence-corrected chi connectivity index (χ3v) is 5.72. The summed E-state index contributed by atoms with van der Waals surface area (Å²) in [6.07, 6.45) is 0.958. The SMILES string of the molecule is CC(C)(C)OC(=O)N1C[C@H]2CC(c3cc(C(F)(F)F)cn4cncc34)C[C@@H]2C1. The van der Waals surface area contributed by atoms with Crippen LogP contribution in [0.5, 0.6) is 0 Å². The molecule has 0 bridgehead atoms. The van der Waals surface area contributed by atoms with E-state index in [9.17, 15) is 18.0 Å². The van der Waals surface area contributed by atoms with Gasteiger partial charge in [-0.1, -0.05) is 0 Å². The van der Waals surface area contributed by atoms with E-state index >= 15 is 0 Å². The molecule has 5 nitrogen and oxygen atoms in total. The fraction of sp³-hybridized carbons (Fsp3) is 0.600. The predicted octanol–water partition coefficient (Wildman–Crippen LogP) is 4.71. The van der Waals surface area contributed by atoms with Crippen molar-refractivity contribution in [2.45, 2.75) is 51.3 Å². The van der Waals surface area contributed by atoms with Crippen molar-refractivity contribution in [1.29, 1.82) is 0 Å². The van der Waals surface area contributed by atoms with Gasteiger partial charge in [0.1, 0.15) is 5.60 Å². The number of aromatic nitrogens is 2. The highest BCUT2D eigenvalue weighted by Gasteiger charge is 2.44. The average molecular weight is 395 g/mol. The number of amides is 1. The van der Waals surface area contributed by atoms with E-state index in [-0.39, 0.29) is 23.8 Å². The summed E-state index contributed by atoms with van der Waals surface area (Å²) in [4.78, 5) is 18.1. The molecule has 0 spiro atoms. The van der Waals surface area contributed by atoms with Crippen molar-refractivity contribution in [2.75, 3.05) is 13.1 Å². The standard InChI is InChI=1S/C20H24F3N3O2/c1-19(2,3)28-18(27)25-8-13-4-12(5-14(13)9-25)16-6-15(20(21,22)23)10-26-11-24-7-17(16)26/h6-7,10-14H,4-5,8-9H2,1-3H3/t13-,14-/m1/s1. The van der Waals surface area contributed by atoms with Crippen LogP contribution in [0.25, 0.3) is 5.52 Å². The van der Waals surface area contributed by atoms with Gasteiger partial charge in [0.05, 0.1) is 23.6 Å². The fourth-order valence-electron chi connectivity index (χ4n) is 4.57. The van der Waals surface area contributed by atoms with Gasteiger partial charge in [0.2, 0.25) is 0 Å². The molecular weight excluding hydrogens is 371 g/mol. The molecule has 2 aromatic heterocycles. The van der Waals surface area contributed by atoms with Gasteiger partial charge in [-0.05, 0) is 63.0 Å². The van der Waals surface area contributed by atoms with E-state index in [2.05, 4.69) is 4.98 Å². The molecule has 0 aromatic carbocycles. The van der Waals surface area contributed by atoms with Crippen LogP contribution in [0.4, 0.5) is 18.0 Å². The van der Waals surface area contributed by atoms with Crippen molar-refractivity contribution in [3.05, 3.63) is 35.9 Å².